The molecule has 146 valence electrons. The number of imidazole rings is 1. The van der Waals surface area contributed by atoms with Gasteiger partial charge in [0.05, 0.1) is 5.75 Å². The van der Waals surface area contributed by atoms with Crippen molar-refractivity contribution in [2.24, 2.45) is 0 Å². The number of hydrogen-bond acceptors (Lipinski definition) is 4. The zero-order chi connectivity index (χ0) is 19.1. The molecule has 1 saturated heterocycles. The summed E-state index contributed by atoms with van der Waals surface area (Å²) in [5.74, 6) is 2.23. The van der Waals surface area contributed by atoms with Crippen LogP contribution in [0.4, 0.5) is 0 Å². The third-order valence-corrected chi connectivity index (χ3v) is 5.99. The Morgan fingerprint density at radius 3 is 2.89 bits per heavy atom. The maximum Gasteiger partial charge on any atom is 0.232 e. The molecule has 1 aromatic heterocycles. The average molecular weight is 387 g/mol. The van der Waals surface area contributed by atoms with Gasteiger partial charge in [0.25, 0.3) is 0 Å². The summed E-state index contributed by atoms with van der Waals surface area (Å²) in [6.45, 7) is 3.72. The molecular formula is C21H30N4OS. The Labute approximate surface area is 166 Å². The first-order chi connectivity index (χ1) is 13.1. The van der Waals surface area contributed by atoms with Gasteiger partial charge in [0.15, 0.2) is 0 Å². The molecule has 2 aromatic rings. The van der Waals surface area contributed by atoms with E-state index in [1.165, 1.54) is 0 Å². The van der Waals surface area contributed by atoms with Gasteiger partial charge in [-0.25, -0.2) is 4.98 Å². The van der Waals surface area contributed by atoms with Gasteiger partial charge in [-0.05, 0) is 52.0 Å². The molecule has 0 bridgehead atoms. The van der Waals surface area contributed by atoms with Crippen LogP contribution < -0.4 is 0 Å². The number of thioether (sulfide) groups is 1. The molecule has 1 atom stereocenters. The molecule has 1 fully saturated rings. The van der Waals surface area contributed by atoms with Crippen LogP contribution >= 0.6 is 11.8 Å². The maximum absolute atomic E-state index is 12.7. The zero-order valence-corrected chi connectivity index (χ0v) is 17.2. The molecule has 0 aliphatic carbocycles. The molecular weight excluding hydrogens is 356 g/mol. The summed E-state index contributed by atoms with van der Waals surface area (Å²) in [6, 6.07) is 10.1. The van der Waals surface area contributed by atoms with E-state index in [0.29, 0.717) is 11.7 Å². The predicted octanol–water partition coefficient (Wildman–Crippen LogP) is 3.33. The molecule has 1 aromatic carbocycles. The van der Waals surface area contributed by atoms with Gasteiger partial charge in [0, 0.05) is 42.8 Å². The molecule has 0 N–H and O–H groups in total. The van der Waals surface area contributed by atoms with Crippen LogP contribution in [0.5, 0.6) is 0 Å². The SMILES string of the molecule is CN(C)CCCn1ccnc1[C@H]1CCCN(C(=O)CSc2ccccc2)C1. The van der Waals surface area contributed by atoms with Gasteiger partial charge >= 0.3 is 0 Å². The molecule has 3 rings (SSSR count). The lowest BCUT2D eigenvalue weighted by molar-refractivity contribution is -0.129. The summed E-state index contributed by atoms with van der Waals surface area (Å²) in [4.78, 5) is 22.7. The molecule has 6 heteroatoms. The van der Waals surface area contributed by atoms with Crippen LogP contribution in [0.15, 0.2) is 47.6 Å². The van der Waals surface area contributed by atoms with Crippen LogP contribution in [-0.2, 0) is 11.3 Å². The van der Waals surface area contributed by atoms with Crippen LogP contribution in [0, 0.1) is 0 Å². The Balaban J connectivity index is 1.54. The standard InChI is InChI=1S/C21H30N4OS/c1-23(2)12-7-14-24-15-11-22-21(24)18-8-6-13-25(16-18)20(26)17-27-19-9-4-3-5-10-19/h3-5,9-11,15,18H,6-8,12-14,16-17H2,1-2H3/t18-/m0/s1. The van der Waals surface area contributed by atoms with Crippen molar-refractivity contribution in [2.75, 3.05) is 39.5 Å². The number of likely N-dealkylation sites (tertiary alicyclic amines) is 1. The lowest BCUT2D eigenvalue weighted by atomic mass is 9.97. The van der Waals surface area contributed by atoms with Crippen molar-refractivity contribution < 1.29 is 4.79 Å². The van der Waals surface area contributed by atoms with E-state index in [0.717, 1.165) is 56.2 Å². The molecule has 0 saturated carbocycles. The van der Waals surface area contributed by atoms with Crippen LogP contribution in [0.1, 0.15) is 31.0 Å². The van der Waals surface area contributed by atoms with Crippen LogP contribution in [0.25, 0.3) is 0 Å². The fourth-order valence-corrected chi connectivity index (χ4v) is 4.42. The van der Waals surface area contributed by atoms with Gasteiger partial charge in [-0.2, -0.15) is 0 Å². The summed E-state index contributed by atoms with van der Waals surface area (Å²) in [5, 5.41) is 0. The Morgan fingerprint density at radius 2 is 2.11 bits per heavy atom. The molecule has 5 nitrogen and oxygen atoms in total. The van der Waals surface area contributed by atoms with Crippen molar-refractivity contribution >= 4 is 17.7 Å². The first kappa shape index (κ1) is 20.0. The van der Waals surface area contributed by atoms with Gasteiger partial charge < -0.3 is 14.4 Å². The number of carbonyl (C=O) groups is 1. The number of amides is 1. The third kappa shape index (κ3) is 5.84. The Bertz CT molecular complexity index is 716. The zero-order valence-electron chi connectivity index (χ0n) is 16.4. The highest BCUT2D eigenvalue weighted by molar-refractivity contribution is 8.00. The normalized spacial score (nSPS) is 17.4. The second-order valence-corrected chi connectivity index (χ2v) is 8.47. The van der Waals surface area contributed by atoms with E-state index in [4.69, 9.17) is 0 Å². The second kappa shape index (κ2) is 9.95. The molecule has 0 unspecified atom stereocenters. The number of carbonyl (C=O) groups excluding carboxylic acids is 1. The Kier molecular flexibility index (Phi) is 7.35. The summed E-state index contributed by atoms with van der Waals surface area (Å²) in [7, 11) is 4.21. The van der Waals surface area contributed by atoms with E-state index < -0.39 is 0 Å². The topological polar surface area (TPSA) is 41.4 Å². The van der Waals surface area contributed by atoms with Crippen molar-refractivity contribution in [3.05, 3.63) is 48.5 Å². The average Bonchev–Trinajstić information content (AvgIpc) is 3.15. The quantitative estimate of drug-likeness (QED) is 0.653. The maximum atomic E-state index is 12.7. The lowest BCUT2D eigenvalue weighted by Gasteiger charge is -2.32. The van der Waals surface area contributed by atoms with Gasteiger partial charge in [-0.15, -0.1) is 11.8 Å². The van der Waals surface area contributed by atoms with E-state index in [1.807, 2.05) is 29.3 Å². The number of aryl methyl sites for hydroxylation is 1. The first-order valence-corrected chi connectivity index (χ1v) is 10.7. The highest BCUT2D eigenvalue weighted by atomic mass is 32.2. The monoisotopic (exact) mass is 386 g/mol. The number of benzene rings is 1. The largest absolute Gasteiger partial charge is 0.341 e. The number of aromatic nitrogens is 2. The van der Waals surface area contributed by atoms with Crippen molar-refractivity contribution in [1.29, 1.82) is 0 Å². The summed E-state index contributed by atoms with van der Waals surface area (Å²) in [5.41, 5.74) is 0. The van der Waals surface area contributed by atoms with Gasteiger partial charge in [0.2, 0.25) is 5.91 Å². The Hall–Kier alpha value is -1.79. The van der Waals surface area contributed by atoms with Gasteiger partial charge in [-0.1, -0.05) is 18.2 Å². The molecule has 0 spiro atoms. The lowest BCUT2D eigenvalue weighted by Crippen LogP contribution is -2.40. The predicted molar refractivity (Wildman–Crippen MR) is 111 cm³/mol. The molecule has 1 aliphatic rings. The highest BCUT2D eigenvalue weighted by Gasteiger charge is 2.27. The molecule has 1 amide bonds. The van der Waals surface area contributed by atoms with Gasteiger partial charge in [0.1, 0.15) is 5.82 Å². The number of hydrogen-bond donors (Lipinski definition) is 0. The molecule has 1 aliphatic heterocycles. The minimum atomic E-state index is 0.235. The van der Waals surface area contributed by atoms with E-state index >= 15 is 0 Å². The van der Waals surface area contributed by atoms with Crippen molar-refractivity contribution in [3.8, 4) is 0 Å². The summed E-state index contributed by atoms with van der Waals surface area (Å²) in [6.07, 6.45) is 7.25. The van der Waals surface area contributed by atoms with Crippen LogP contribution in [0.3, 0.4) is 0 Å². The minimum absolute atomic E-state index is 0.235. The van der Waals surface area contributed by atoms with E-state index in [2.05, 4.69) is 46.9 Å². The first-order valence-electron chi connectivity index (χ1n) is 9.75. The minimum Gasteiger partial charge on any atom is -0.341 e. The third-order valence-electron chi connectivity index (χ3n) is 5.00. The van der Waals surface area contributed by atoms with Gasteiger partial charge in [-0.3, -0.25) is 4.79 Å². The summed E-state index contributed by atoms with van der Waals surface area (Å²) >= 11 is 1.62. The Morgan fingerprint density at radius 1 is 1.30 bits per heavy atom. The van der Waals surface area contributed by atoms with Crippen LogP contribution in [0.2, 0.25) is 0 Å². The number of piperidine rings is 1. The fraction of sp³-hybridized carbons (Fsp3) is 0.524. The van der Waals surface area contributed by atoms with Crippen molar-refractivity contribution in [3.63, 3.8) is 0 Å². The second-order valence-electron chi connectivity index (χ2n) is 7.42. The summed E-state index contributed by atoms with van der Waals surface area (Å²) < 4.78 is 2.28. The molecule has 2 heterocycles. The number of rotatable bonds is 8. The van der Waals surface area contributed by atoms with E-state index in [9.17, 15) is 4.79 Å². The molecule has 0 radical (unpaired) electrons. The van der Waals surface area contributed by atoms with Crippen molar-refractivity contribution in [1.82, 2.24) is 19.4 Å². The highest BCUT2D eigenvalue weighted by Crippen LogP contribution is 2.27. The van der Waals surface area contributed by atoms with E-state index in [-0.39, 0.29) is 5.91 Å². The van der Waals surface area contributed by atoms with E-state index in [1.54, 1.807) is 11.8 Å². The van der Waals surface area contributed by atoms with Crippen LogP contribution in [-0.4, -0.2) is 64.7 Å². The van der Waals surface area contributed by atoms with Crippen molar-refractivity contribution in [2.45, 2.75) is 36.6 Å². The number of nitrogens with zero attached hydrogens (tertiary/aromatic N) is 4. The fourth-order valence-electron chi connectivity index (χ4n) is 3.59. The molecule has 27 heavy (non-hydrogen) atoms. The smallest absolute Gasteiger partial charge is 0.232 e.